The monoisotopic (exact) mass is 511 g/mol. The van der Waals surface area contributed by atoms with Crippen molar-refractivity contribution >= 4 is 39.1 Å². The molecule has 1 N–H and O–H groups in total. The zero-order chi connectivity index (χ0) is 25.3. The molecule has 34 heavy (non-hydrogen) atoms. The lowest BCUT2D eigenvalue weighted by Gasteiger charge is -2.29. The predicted octanol–water partition coefficient (Wildman–Crippen LogP) is 3.97. The average molecular weight is 512 g/mol. The van der Waals surface area contributed by atoms with E-state index in [1.165, 1.54) is 21.3 Å². The quantitative estimate of drug-likeness (QED) is 0.467. The summed E-state index contributed by atoms with van der Waals surface area (Å²) in [5.74, 6) is -1.17. The Labute approximate surface area is 205 Å². The Hall–Kier alpha value is -2.65. The molecule has 0 spiro atoms. The van der Waals surface area contributed by atoms with Crippen LogP contribution in [0.3, 0.4) is 0 Å². The first-order chi connectivity index (χ1) is 16.0. The molecule has 0 fully saturated rings. The lowest BCUT2D eigenvalue weighted by atomic mass is 10.1. The van der Waals surface area contributed by atoms with Gasteiger partial charge in [0.25, 0.3) is 0 Å². The fourth-order valence-electron chi connectivity index (χ4n) is 3.42. The Morgan fingerprint density at radius 1 is 1.15 bits per heavy atom. The van der Waals surface area contributed by atoms with Crippen LogP contribution in [0, 0.1) is 5.82 Å². The van der Waals surface area contributed by atoms with Gasteiger partial charge in [0.1, 0.15) is 11.9 Å². The van der Waals surface area contributed by atoms with Gasteiger partial charge in [0.15, 0.2) is 0 Å². The van der Waals surface area contributed by atoms with E-state index in [1.807, 2.05) is 6.92 Å². The molecule has 0 saturated carbocycles. The van der Waals surface area contributed by atoms with E-state index in [2.05, 4.69) is 5.32 Å². The first-order valence-corrected chi connectivity index (χ1v) is 13.3. The molecule has 0 aliphatic carbocycles. The highest BCUT2D eigenvalue weighted by Gasteiger charge is 2.27. The van der Waals surface area contributed by atoms with Crippen molar-refractivity contribution in [3.05, 3.63) is 64.9 Å². The van der Waals surface area contributed by atoms with Gasteiger partial charge in [0, 0.05) is 36.6 Å². The summed E-state index contributed by atoms with van der Waals surface area (Å²) in [4.78, 5) is 27.0. The van der Waals surface area contributed by atoms with Gasteiger partial charge in [-0.1, -0.05) is 42.8 Å². The third-order valence-corrected chi connectivity index (χ3v) is 6.69. The second-order valence-electron chi connectivity index (χ2n) is 8.00. The zero-order valence-corrected chi connectivity index (χ0v) is 21.2. The van der Waals surface area contributed by atoms with E-state index in [9.17, 15) is 22.4 Å². The Morgan fingerprint density at radius 3 is 2.47 bits per heavy atom. The molecule has 2 amide bonds. The largest absolute Gasteiger partial charge is 0.354 e. The highest BCUT2D eigenvalue weighted by Crippen LogP contribution is 2.23. The Morgan fingerprint density at radius 2 is 1.85 bits per heavy atom. The van der Waals surface area contributed by atoms with Crippen molar-refractivity contribution in [2.75, 3.05) is 23.7 Å². The fourth-order valence-corrected chi connectivity index (χ4v) is 4.57. The van der Waals surface area contributed by atoms with Crippen molar-refractivity contribution in [2.45, 2.75) is 45.7 Å². The number of carbonyl (C=O) groups is 2. The number of hydrogen-bond acceptors (Lipinski definition) is 4. The smallest absolute Gasteiger partial charge is 0.242 e. The summed E-state index contributed by atoms with van der Waals surface area (Å²) in [6.07, 6.45) is 2.01. The lowest BCUT2D eigenvalue weighted by molar-refractivity contribution is -0.140. The molecule has 0 saturated heterocycles. The highest BCUT2D eigenvalue weighted by atomic mass is 35.5. The second-order valence-corrected chi connectivity index (χ2v) is 10.3. The molecule has 1 atom stereocenters. The molecule has 2 aromatic rings. The summed E-state index contributed by atoms with van der Waals surface area (Å²) in [7, 11) is -3.61. The maximum atomic E-state index is 14.3. The number of nitrogens with zero attached hydrogens (tertiary/aromatic N) is 2. The summed E-state index contributed by atoms with van der Waals surface area (Å²) in [6.45, 7) is 3.96. The molecule has 7 nitrogen and oxygen atoms in total. The van der Waals surface area contributed by atoms with Crippen molar-refractivity contribution in [1.82, 2.24) is 10.2 Å². The second kappa shape index (κ2) is 12.7. The normalized spacial score (nSPS) is 12.1. The first kappa shape index (κ1) is 27.6. The molecule has 0 heterocycles. The van der Waals surface area contributed by atoms with Crippen LogP contribution in [0.15, 0.2) is 48.5 Å². The van der Waals surface area contributed by atoms with Gasteiger partial charge in [0.2, 0.25) is 21.8 Å². The van der Waals surface area contributed by atoms with Gasteiger partial charge in [-0.2, -0.15) is 0 Å². The van der Waals surface area contributed by atoms with Gasteiger partial charge >= 0.3 is 0 Å². The van der Waals surface area contributed by atoms with Gasteiger partial charge in [-0.3, -0.25) is 13.9 Å². The van der Waals surface area contributed by atoms with E-state index < -0.39 is 21.9 Å². The van der Waals surface area contributed by atoms with E-state index >= 15 is 0 Å². The Balaban J connectivity index is 2.16. The van der Waals surface area contributed by atoms with Crippen LogP contribution in [0.4, 0.5) is 10.1 Å². The van der Waals surface area contributed by atoms with Crippen LogP contribution in [-0.2, 0) is 26.2 Å². The Bertz CT molecular complexity index is 1100. The number of rotatable bonds is 12. The number of benzene rings is 2. The third kappa shape index (κ3) is 7.99. The number of nitrogens with one attached hydrogen (secondary N) is 1. The molecule has 0 aromatic heterocycles. The van der Waals surface area contributed by atoms with Crippen LogP contribution in [0.5, 0.6) is 0 Å². The summed E-state index contributed by atoms with van der Waals surface area (Å²) in [5.41, 5.74) is 0.695. The third-order valence-electron chi connectivity index (χ3n) is 5.26. The van der Waals surface area contributed by atoms with Crippen molar-refractivity contribution in [3.8, 4) is 0 Å². The highest BCUT2D eigenvalue weighted by molar-refractivity contribution is 7.92. The van der Waals surface area contributed by atoms with Crippen LogP contribution in [-0.4, -0.2) is 50.5 Å². The van der Waals surface area contributed by atoms with Crippen LogP contribution in [0.25, 0.3) is 0 Å². The van der Waals surface area contributed by atoms with Gasteiger partial charge in [-0.15, -0.1) is 0 Å². The zero-order valence-electron chi connectivity index (χ0n) is 19.6. The number of carbonyl (C=O) groups excluding carboxylic acids is 2. The van der Waals surface area contributed by atoms with Crippen LogP contribution < -0.4 is 9.62 Å². The minimum Gasteiger partial charge on any atom is -0.354 e. The van der Waals surface area contributed by atoms with E-state index in [4.69, 9.17) is 11.6 Å². The van der Waals surface area contributed by atoms with Crippen molar-refractivity contribution in [1.29, 1.82) is 0 Å². The van der Waals surface area contributed by atoms with Crippen LogP contribution in [0.1, 0.15) is 38.7 Å². The molecular formula is C24H31ClFN3O4S. The first-order valence-electron chi connectivity index (χ1n) is 11.1. The standard InChI is InChI=1S/C24H31ClFN3O4S/c1-4-14-27-24(31)18(2)28(17-19-9-5-6-12-22(19)26)23(30)13-8-15-29(34(3,32)33)21-11-7-10-20(25)16-21/h5-7,9-12,16,18H,4,8,13-15,17H2,1-3H3,(H,27,31). The lowest BCUT2D eigenvalue weighted by Crippen LogP contribution is -2.48. The van der Waals surface area contributed by atoms with E-state index in [1.54, 1.807) is 43.3 Å². The van der Waals surface area contributed by atoms with Crippen molar-refractivity contribution in [2.24, 2.45) is 0 Å². The Kier molecular flexibility index (Phi) is 10.3. The number of hydrogen-bond donors (Lipinski definition) is 1. The molecule has 0 radical (unpaired) electrons. The molecule has 186 valence electrons. The molecule has 1 unspecified atom stereocenters. The summed E-state index contributed by atoms with van der Waals surface area (Å²) in [6, 6.07) is 11.7. The summed E-state index contributed by atoms with van der Waals surface area (Å²) in [5, 5.41) is 3.16. The molecule has 10 heteroatoms. The molecule has 2 rings (SSSR count). The number of amides is 2. The number of anilines is 1. The van der Waals surface area contributed by atoms with Gasteiger partial charge < -0.3 is 10.2 Å². The molecule has 2 aromatic carbocycles. The van der Waals surface area contributed by atoms with Crippen molar-refractivity contribution < 1.29 is 22.4 Å². The van der Waals surface area contributed by atoms with Gasteiger partial charge in [0.05, 0.1) is 11.9 Å². The fraction of sp³-hybridized carbons (Fsp3) is 0.417. The maximum absolute atomic E-state index is 14.3. The van der Waals surface area contributed by atoms with E-state index in [0.29, 0.717) is 22.8 Å². The van der Waals surface area contributed by atoms with Gasteiger partial charge in [-0.25, -0.2) is 12.8 Å². The number of sulfonamides is 1. The summed E-state index contributed by atoms with van der Waals surface area (Å²) >= 11 is 6.00. The van der Waals surface area contributed by atoms with E-state index in [0.717, 1.165) is 12.7 Å². The molecular weight excluding hydrogens is 481 g/mol. The number of halogens is 2. The summed E-state index contributed by atoms with van der Waals surface area (Å²) < 4.78 is 40.1. The predicted molar refractivity (Wildman–Crippen MR) is 133 cm³/mol. The van der Waals surface area contributed by atoms with E-state index in [-0.39, 0.29) is 37.7 Å². The molecule has 0 aliphatic heterocycles. The molecule has 0 aliphatic rings. The maximum Gasteiger partial charge on any atom is 0.242 e. The van der Waals surface area contributed by atoms with Crippen molar-refractivity contribution in [3.63, 3.8) is 0 Å². The van der Waals surface area contributed by atoms with Crippen LogP contribution >= 0.6 is 11.6 Å². The van der Waals surface area contributed by atoms with Crippen LogP contribution in [0.2, 0.25) is 5.02 Å². The minimum atomic E-state index is -3.61. The molecule has 0 bridgehead atoms. The van der Waals surface area contributed by atoms with Gasteiger partial charge in [-0.05, 0) is 44.0 Å². The SMILES string of the molecule is CCCNC(=O)C(C)N(Cc1ccccc1F)C(=O)CCCN(c1cccc(Cl)c1)S(C)(=O)=O. The minimum absolute atomic E-state index is 0.0214. The average Bonchev–Trinajstić information content (AvgIpc) is 2.78. The topological polar surface area (TPSA) is 86.8 Å².